The molecule has 0 bridgehead atoms. The summed E-state index contributed by atoms with van der Waals surface area (Å²) in [6, 6.07) is -0.935. The van der Waals surface area contributed by atoms with E-state index in [0.29, 0.717) is 25.7 Å². The standard InChI is InChI=1S/C13H17F3N2O2/c14-13(15,16)7-18-9(8-3-4-8)10(19)17-12(11(18)20)5-1-2-6-12/h8-9H,1-7H2,(H,17,19). The molecule has 1 saturated heterocycles. The van der Waals surface area contributed by atoms with Gasteiger partial charge in [-0.05, 0) is 31.6 Å². The molecule has 2 aliphatic carbocycles. The van der Waals surface area contributed by atoms with Crippen LogP contribution in [0.5, 0.6) is 0 Å². The zero-order valence-corrected chi connectivity index (χ0v) is 11.0. The quantitative estimate of drug-likeness (QED) is 0.840. The maximum absolute atomic E-state index is 12.7. The average Bonchev–Trinajstić information content (AvgIpc) is 3.04. The SMILES string of the molecule is O=C1NC2(CCCC2)C(=O)N(CC(F)(F)F)C1C1CC1. The van der Waals surface area contributed by atoms with Gasteiger partial charge in [-0.2, -0.15) is 13.2 Å². The van der Waals surface area contributed by atoms with E-state index in [4.69, 9.17) is 0 Å². The molecule has 112 valence electrons. The molecule has 0 radical (unpaired) electrons. The third-order valence-corrected chi connectivity index (χ3v) is 4.51. The van der Waals surface area contributed by atoms with Crippen molar-refractivity contribution in [3.05, 3.63) is 0 Å². The van der Waals surface area contributed by atoms with E-state index in [1.165, 1.54) is 0 Å². The zero-order chi connectivity index (χ0) is 14.5. The number of hydrogen-bond donors (Lipinski definition) is 1. The Morgan fingerprint density at radius 3 is 2.30 bits per heavy atom. The van der Waals surface area contributed by atoms with Crippen LogP contribution >= 0.6 is 0 Å². The molecule has 4 nitrogen and oxygen atoms in total. The Morgan fingerprint density at radius 2 is 1.80 bits per heavy atom. The highest BCUT2D eigenvalue weighted by atomic mass is 19.4. The molecule has 1 N–H and O–H groups in total. The minimum absolute atomic E-state index is 0.111. The van der Waals surface area contributed by atoms with Gasteiger partial charge in [-0.15, -0.1) is 0 Å². The van der Waals surface area contributed by atoms with Crippen LogP contribution < -0.4 is 5.32 Å². The number of hydrogen-bond acceptors (Lipinski definition) is 2. The molecule has 1 unspecified atom stereocenters. The number of rotatable bonds is 2. The first-order valence-electron chi connectivity index (χ1n) is 7.02. The van der Waals surface area contributed by atoms with Crippen LogP contribution in [0.25, 0.3) is 0 Å². The molecular weight excluding hydrogens is 273 g/mol. The summed E-state index contributed by atoms with van der Waals surface area (Å²) in [6.45, 7) is -1.32. The van der Waals surface area contributed by atoms with Crippen LogP contribution in [0.3, 0.4) is 0 Å². The largest absolute Gasteiger partial charge is 0.406 e. The number of piperazine rings is 1. The van der Waals surface area contributed by atoms with Crippen LogP contribution in [0.4, 0.5) is 13.2 Å². The van der Waals surface area contributed by atoms with Crippen molar-refractivity contribution in [1.29, 1.82) is 0 Å². The Bertz CT molecular complexity index is 439. The minimum atomic E-state index is -4.47. The van der Waals surface area contributed by atoms with E-state index in [9.17, 15) is 22.8 Å². The fourth-order valence-electron chi connectivity index (χ4n) is 3.47. The van der Waals surface area contributed by atoms with Crippen molar-refractivity contribution in [3.63, 3.8) is 0 Å². The highest BCUT2D eigenvalue weighted by molar-refractivity contribution is 6.00. The fraction of sp³-hybridized carbons (Fsp3) is 0.846. The minimum Gasteiger partial charge on any atom is -0.340 e. The van der Waals surface area contributed by atoms with Crippen LogP contribution in [0.2, 0.25) is 0 Å². The number of amides is 2. The summed E-state index contributed by atoms with van der Waals surface area (Å²) in [5.74, 6) is -1.05. The van der Waals surface area contributed by atoms with Crippen LogP contribution in [0.1, 0.15) is 38.5 Å². The molecule has 2 saturated carbocycles. The summed E-state index contributed by atoms with van der Waals surface area (Å²) in [5.41, 5.74) is -1.08. The number of carbonyl (C=O) groups excluding carboxylic acids is 2. The monoisotopic (exact) mass is 290 g/mol. The number of nitrogens with one attached hydrogen (secondary N) is 1. The summed E-state index contributed by atoms with van der Waals surface area (Å²) >= 11 is 0. The van der Waals surface area contributed by atoms with Gasteiger partial charge in [-0.1, -0.05) is 12.8 Å². The summed E-state index contributed by atoms with van der Waals surface area (Å²) in [7, 11) is 0. The Kier molecular flexibility index (Phi) is 2.99. The summed E-state index contributed by atoms with van der Waals surface area (Å²) in [5, 5.41) is 2.73. The molecule has 1 aliphatic heterocycles. The third kappa shape index (κ3) is 2.27. The lowest BCUT2D eigenvalue weighted by molar-refractivity contribution is -0.179. The fourth-order valence-corrected chi connectivity index (χ4v) is 3.47. The topological polar surface area (TPSA) is 49.4 Å². The van der Waals surface area contributed by atoms with Crippen molar-refractivity contribution in [1.82, 2.24) is 10.2 Å². The molecule has 0 aromatic carbocycles. The van der Waals surface area contributed by atoms with Gasteiger partial charge in [0.25, 0.3) is 0 Å². The lowest BCUT2D eigenvalue weighted by Crippen LogP contribution is -2.70. The van der Waals surface area contributed by atoms with Crippen molar-refractivity contribution in [2.24, 2.45) is 5.92 Å². The van der Waals surface area contributed by atoms with Gasteiger partial charge in [0.15, 0.2) is 0 Å². The van der Waals surface area contributed by atoms with E-state index in [2.05, 4.69) is 5.32 Å². The first-order chi connectivity index (χ1) is 9.32. The Hall–Kier alpha value is -1.27. The number of carbonyl (C=O) groups is 2. The molecule has 0 aromatic rings. The second-order valence-corrected chi connectivity index (χ2v) is 6.11. The highest BCUT2D eigenvalue weighted by Crippen LogP contribution is 2.42. The van der Waals surface area contributed by atoms with E-state index >= 15 is 0 Å². The van der Waals surface area contributed by atoms with Crippen molar-refractivity contribution in [2.75, 3.05) is 6.54 Å². The van der Waals surface area contributed by atoms with Crippen LogP contribution in [-0.2, 0) is 9.59 Å². The van der Waals surface area contributed by atoms with Crippen molar-refractivity contribution in [2.45, 2.75) is 56.3 Å². The zero-order valence-electron chi connectivity index (χ0n) is 11.0. The molecule has 7 heteroatoms. The van der Waals surface area contributed by atoms with Crippen molar-refractivity contribution >= 4 is 11.8 Å². The molecule has 0 aromatic heterocycles. The van der Waals surface area contributed by atoms with Crippen LogP contribution in [0, 0.1) is 5.92 Å². The smallest absolute Gasteiger partial charge is 0.340 e. The van der Waals surface area contributed by atoms with Crippen LogP contribution in [0.15, 0.2) is 0 Å². The lowest BCUT2D eigenvalue weighted by atomic mass is 9.89. The normalized spacial score (nSPS) is 29.9. The van der Waals surface area contributed by atoms with Gasteiger partial charge in [0.05, 0.1) is 0 Å². The predicted molar refractivity (Wildman–Crippen MR) is 63.6 cm³/mol. The van der Waals surface area contributed by atoms with Gasteiger partial charge in [-0.3, -0.25) is 9.59 Å². The lowest BCUT2D eigenvalue weighted by Gasteiger charge is -2.44. The van der Waals surface area contributed by atoms with E-state index in [1.807, 2.05) is 0 Å². The van der Waals surface area contributed by atoms with E-state index < -0.39 is 36.1 Å². The van der Waals surface area contributed by atoms with Gasteiger partial charge in [-0.25, -0.2) is 0 Å². The molecular formula is C13H17F3N2O2. The predicted octanol–water partition coefficient (Wildman–Crippen LogP) is 1.60. The third-order valence-electron chi connectivity index (χ3n) is 4.51. The van der Waals surface area contributed by atoms with Crippen molar-refractivity contribution < 1.29 is 22.8 Å². The average molecular weight is 290 g/mol. The van der Waals surface area contributed by atoms with Crippen LogP contribution in [-0.4, -0.2) is 41.0 Å². The van der Waals surface area contributed by atoms with Crippen molar-refractivity contribution in [3.8, 4) is 0 Å². The van der Waals surface area contributed by atoms with Gasteiger partial charge >= 0.3 is 6.18 Å². The van der Waals surface area contributed by atoms with E-state index in [-0.39, 0.29) is 5.92 Å². The second kappa shape index (κ2) is 4.36. The van der Waals surface area contributed by atoms with Gasteiger partial charge in [0.2, 0.25) is 11.8 Å². The molecule has 3 rings (SSSR count). The summed E-state index contributed by atoms with van der Waals surface area (Å²) in [6.07, 6.45) is -0.619. The maximum atomic E-state index is 12.7. The number of nitrogens with zero attached hydrogens (tertiary/aromatic N) is 1. The highest BCUT2D eigenvalue weighted by Gasteiger charge is 2.57. The second-order valence-electron chi connectivity index (χ2n) is 6.11. The van der Waals surface area contributed by atoms with E-state index in [1.54, 1.807) is 0 Å². The molecule has 3 aliphatic rings. The Morgan fingerprint density at radius 1 is 1.20 bits per heavy atom. The maximum Gasteiger partial charge on any atom is 0.406 e. The number of halogens is 3. The first kappa shape index (κ1) is 13.7. The molecule has 1 atom stereocenters. The van der Waals surface area contributed by atoms with Gasteiger partial charge < -0.3 is 10.2 Å². The molecule has 2 amide bonds. The first-order valence-corrected chi connectivity index (χ1v) is 7.02. The molecule has 1 heterocycles. The van der Waals surface area contributed by atoms with Gasteiger partial charge in [0, 0.05) is 0 Å². The molecule has 1 spiro atoms. The number of alkyl halides is 3. The van der Waals surface area contributed by atoms with E-state index in [0.717, 1.165) is 17.7 Å². The summed E-state index contributed by atoms with van der Waals surface area (Å²) in [4.78, 5) is 25.5. The van der Waals surface area contributed by atoms with Gasteiger partial charge in [0.1, 0.15) is 18.1 Å². The Labute approximate surface area is 114 Å². The molecule has 3 fully saturated rings. The summed E-state index contributed by atoms with van der Waals surface area (Å²) < 4.78 is 38.2. The molecule has 20 heavy (non-hydrogen) atoms. The Balaban J connectivity index is 1.90.